The van der Waals surface area contributed by atoms with Crippen LogP contribution in [0.4, 0.5) is 13.2 Å². The summed E-state index contributed by atoms with van der Waals surface area (Å²) in [5.74, 6) is 0.241. The maximum Gasteiger partial charge on any atom is 0.387 e. The second-order valence-corrected chi connectivity index (χ2v) is 5.13. The van der Waals surface area contributed by atoms with Crippen molar-refractivity contribution in [2.24, 2.45) is 4.99 Å². The lowest BCUT2D eigenvalue weighted by Crippen LogP contribution is -2.37. The number of aliphatic imine (C=N–C) groups is 1. The lowest BCUT2D eigenvalue weighted by atomic mass is 10.2. The van der Waals surface area contributed by atoms with Gasteiger partial charge in [0.1, 0.15) is 11.6 Å². The molecule has 2 aromatic carbocycles. The molecule has 7 heteroatoms. The number of benzene rings is 2. The first-order chi connectivity index (χ1) is 12.1. The Labute approximate surface area is 144 Å². The topological polar surface area (TPSA) is 45.7 Å². The molecule has 2 rings (SSSR count). The number of para-hydroxylation sites is 1. The van der Waals surface area contributed by atoms with Gasteiger partial charge in [-0.2, -0.15) is 8.78 Å². The van der Waals surface area contributed by atoms with Crippen LogP contribution in [-0.4, -0.2) is 19.1 Å². The van der Waals surface area contributed by atoms with Gasteiger partial charge < -0.3 is 15.4 Å². The summed E-state index contributed by atoms with van der Waals surface area (Å²) in [5.41, 5.74) is 1.04. The molecule has 2 aromatic rings. The number of guanidine groups is 1. The molecule has 0 unspecified atom stereocenters. The van der Waals surface area contributed by atoms with Crippen LogP contribution >= 0.6 is 0 Å². The van der Waals surface area contributed by atoms with Crippen molar-refractivity contribution in [1.82, 2.24) is 10.6 Å². The number of alkyl halides is 2. The van der Waals surface area contributed by atoms with Crippen LogP contribution in [0.1, 0.15) is 18.1 Å². The molecule has 0 spiro atoms. The normalized spacial score (nSPS) is 11.5. The van der Waals surface area contributed by atoms with E-state index in [0.29, 0.717) is 23.6 Å². The zero-order chi connectivity index (χ0) is 18.1. The van der Waals surface area contributed by atoms with Gasteiger partial charge >= 0.3 is 6.61 Å². The Kier molecular flexibility index (Phi) is 7.13. The largest absolute Gasteiger partial charge is 0.434 e. The number of ether oxygens (including phenoxy) is 1. The molecule has 0 radical (unpaired) electrons. The molecule has 0 aliphatic heterocycles. The fraction of sp³-hybridized carbons (Fsp3) is 0.278. The van der Waals surface area contributed by atoms with Crippen LogP contribution < -0.4 is 15.4 Å². The molecule has 134 valence electrons. The first kappa shape index (κ1) is 18.6. The second kappa shape index (κ2) is 9.56. The Morgan fingerprint density at radius 1 is 1.04 bits per heavy atom. The molecule has 0 aromatic heterocycles. The maximum absolute atomic E-state index is 13.7. The van der Waals surface area contributed by atoms with Gasteiger partial charge in [-0.3, -0.25) is 0 Å². The molecule has 0 bridgehead atoms. The predicted octanol–water partition coefficient (Wildman–Crippen LogP) is 3.68. The fourth-order valence-electron chi connectivity index (χ4n) is 2.17. The summed E-state index contributed by atoms with van der Waals surface area (Å²) < 4.78 is 43.0. The van der Waals surface area contributed by atoms with Gasteiger partial charge in [-0.25, -0.2) is 9.38 Å². The number of nitrogens with zero attached hydrogens (tertiary/aromatic N) is 1. The van der Waals surface area contributed by atoms with E-state index >= 15 is 0 Å². The van der Waals surface area contributed by atoms with Crippen molar-refractivity contribution in [3.05, 3.63) is 65.5 Å². The Morgan fingerprint density at radius 3 is 2.40 bits per heavy atom. The Bertz CT molecular complexity index is 707. The number of nitrogens with one attached hydrogen (secondary N) is 2. The van der Waals surface area contributed by atoms with Gasteiger partial charge in [0.25, 0.3) is 0 Å². The lowest BCUT2D eigenvalue weighted by Gasteiger charge is -2.13. The van der Waals surface area contributed by atoms with Crippen molar-refractivity contribution in [2.45, 2.75) is 26.6 Å². The molecule has 0 aliphatic rings. The molecule has 0 fully saturated rings. The van der Waals surface area contributed by atoms with E-state index in [1.807, 2.05) is 6.92 Å². The molecular formula is C18H20F3N3O. The summed E-state index contributed by atoms with van der Waals surface area (Å²) in [5, 5.41) is 6.05. The van der Waals surface area contributed by atoms with E-state index in [1.54, 1.807) is 36.4 Å². The van der Waals surface area contributed by atoms with Crippen LogP contribution in [0.2, 0.25) is 0 Å². The summed E-state index contributed by atoms with van der Waals surface area (Å²) >= 11 is 0. The lowest BCUT2D eigenvalue weighted by molar-refractivity contribution is -0.0504. The Balaban J connectivity index is 2.06. The molecule has 0 saturated carbocycles. The van der Waals surface area contributed by atoms with Crippen molar-refractivity contribution in [3.8, 4) is 5.75 Å². The predicted molar refractivity (Wildman–Crippen MR) is 91.1 cm³/mol. The minimum absolute atomic E-state index is 0.0891. The first-order valence-corrected chi connectivity index (χ1v) is 7.88. The van der Waals surface area contributed by atoms with Crippen molar-refractivity contribution in [2.75, 3.05) is 6.54 Å². The van der Waals surface area contributed by atoms with E-state index < -0.39 is 6.61 Å². The number of halogens is 3. The van der Waals surface area contributed by atoms with E-state index in [9.17, 15) is 13.2 Å². The monoisotopic (exact) mass is 351 g/mol. The highest BCUT2D eigenvalue weighted by atomic mass is 19.3. The van der Waals surface area contributed by atoms with Gasteiger partial charge in [0.2, 0.25) is 0 Å². The molecule has 4 nitrogen and oxygen atoms in total. The standard InChI is InChI=1S/C18H20F3N3O/c1-2-22-18(23-11-13-7-3-5-9-15(13)19)24-12-14-8-4-6-10-16(14)25-17(20)21/h3-10,17H,2,11-12H2,1H3,(H2,22,23,24). The van der Waals surface area contributed by atoms with Crippen LogP contribution in [0.5, 0.6) is 5.75 Å². The third kappa shape index (κ3) is 6.02. The molecular weight excluding hydrogens is 331 g/mol. The summed E-state index contributed by atoms with van der Waals surface area (Å²) in [6, 6.07) is 12.9. The van der Waals surface area contributed by atoms with Gasteiger partial charge in [-0.05, 0) is 19.1 Å². The second-order valence-electron chi connectivity index (χ2n) is 5.13. The minimum atomic E-state index is -2.89. The number of hydrogen-bond donors (Lipinski definition) is 2. The van der Waals surface area contributed by atoms with E-state index in [-0.39, 0.29) is 24.7 Å². The maximum atomic E-state index is 13.7. The number of rotatable bonds is 7. The van der Waals surface area contributed by atoms with Crippen molar-refractivity contribution in [1.29, 1.82) is 0 Å². The summed E-state index contributed by atoms with van der Waals surface area (Å²) in [4.78, 5) is 4.34. The highest BCUT2D eigenvalue weighted by Gasteiger charge is 2.09. The summed E-state index contributed by atoms with van der Waals surface area (Å²) in [6.45, 7) is 0.0212. The van der Waals surface area contributed by atoms with Crippen molar-refractivity contribution in [3.63, 3.8) is 0 Å². The van der Waals surface area contributed by atoms with Crippen LogP contribution in [0.25, 0.3) is 0 Å². The molecule has 0 atom stereocenters. The first-order valence-electron chi connectivity index (χ1n) is 7.88. The molecule has 2 N–H and O–H groups in total. The van der Waals surface area contributed by atoms with Gasteiger partial charge in [0.15, 0.2) is 5.96 Å². The van der Waals surface area contributed by atoms with E-state index in [0.717, 1.165) is 0 Å². The van der Waals surface area contributed by atoms with Gasteiger partial charge in [0.05, 0.1) is 6.54 Å². The zero-order valence-electron chi connectivity index (χ0n) is 13.8. The average Bonchev–Trinajstić information content (AvgIpc) is 2.59. The summed E-state index contributed by atoms with van der Waals surface area (Å²) in [7, 11) is 0. The molecule has 25 heavy (non-hydrogen) atoms. The van der Waals surface area contributed by atoms with Crippen molar-refractivity contribution >= 4 is 5.96 Å². The quantitative estimate of drug-likeness (QED) is 0.591. The molecule has 0 saturated heterocycles. The third-order valence-electron chi connectivity index (χ3n) is 3.34. The summed E-state index contributed by atoms with van der Waals surface area (Å²) in [6.07, 6.45) is 0. The fourth-order valence-corrected chi connectivity index (χ4v) is 2.17. The molecule has 0 aliphatic carbocycles. The highest BCUT2D eigenvalue weighted by molar-refractivity contribution is 5.79. The van der Waals surface area contributed by atoms with E-state index in [1.165, 1.54) is 12.1 Å². The highest BCUT2D eigenvalue weighted by Crippen LogP contribution is 2.20. The minimum Gasteiger partial charge on any atom is -0.434 e. The Hall–Kier alpha value is -2.70. The van der Waals surface area contributed by atoms with E-state index in [2.05, 4.69) is 20.4 Å². The molecule has 0 amide bonds. The van der Waals surface area contributed by atoms with Gasteiger partial charge in [-0.1, -0.05) is 36.4 Å². The SMILES string of the molecule is CCNC(=NCc1ccccc1OC(F)F)NCc1ccccc1F. The smallest absolute Gasteiger partial charge is 0.387 e. The number of hydrogen-bond acceptors (Lipinski definition) is 2. The van der Waals surface area contributed by atoms with E-state index in [4.69, 9.17) is 0 Å². The van der Waals surface area contributed by atoms with Gasteiger partial charge in [0, 0.05) is 24.2 Å². The van der Waals surface area contributed by atoms with Crippen molar-refractivity contribution < 1.29 is 17.9 Å². The average molecular weight is 351 g/mol. The third-order valence-corrected chi connectivity index (χ3v) is 3.34. The van der Waals surface area contributed by atoms with Crippen LogP contribution in [0.3, 0.4) is 0 Å². The van der Waals surface area contributed by atoms with Gasteiger partial charge in [-0.15, -0.1) is 0 Å². The van der Waals surface area contributed by atoms with Crippen LogP contribution in [0, 0.1) is 5.82 Å². The van der Waals surface area contributed by atoms with Crippen LogP contribution in [0.15, 0.2) is 53.5 Å². The Morgan fingerprint density at radius 2 is 1.72 bits per heavy atom. The zero-order valence-corrected chi connectivity index (χ0v) is 13.8. The van der Waals surface area contributed by atoms with Crippen LogP contribution in [-0.2, 0) is 13.1 Å². The molecule has 0 heterocycles.